The van der Waals surface area contributed by atoms with E-state index in [4.69, 9.17) is 0 Å². The van der Waals surface area contributed by atoms with E-state index in [-0.39, 0.29) is 0 Å². The van der Waals surface area contributed by atoms with Crippen molar-refractivity contribution in [2.24, 2.45) is 5.73 Å². The molecule has 14 heavy (non-hydrogen) atoms. The van der Waals surface area contributed by atoms with Crippen LogP contribution in [0.4, 0.5) is 8.78 Å². The number of rotatable bonds is 0. The molecule has 0 spiro atoms. The number of halogens is 2. The first kappa shape index (κ1) is 18.8. The molecule has 0 heterocycles. The van der Waals surface area contributed by atoms with Crippen LogP contribution in [0, 0.1) is 0 Å². The van der Waals surface area contributed by atoms with Crippen LogP contribution in [0.1, 0.15) is 20.8 Å². The maximum atomic E-state index is 10.3. The van der Waals surface area contributed by atoms with Crippen molar-refractivity contribution in [1.29, 1.82) is 0 Å². The molecule has 0 aliphatic carbocycles. The van der Waals surface area contributed by atoms with Gasteiger partial charge in [-0.1, -0.05) is 50.2 Å². The lowest BCUT2D eigenvalue weighted by Gasteiger charge is -1.70. The Labute approximate surface area is 85.9 Å². The lowest BCUT2D eigenvalue weighted by molar-refractivity contribution is 0.171. The second-order valence-electron chi connectivity index (χ2n) is 1.67. The summed E-state index contributed by atoms with van der Waals surface area (Å²) in [4.78, 5) is 0. The SMILES string of the molecule is CC.CC(F)F.CN.c1ccccc1. The van der Waals surface area contributed by atoms with E-state index in [2.05, 4.69) is 5.73 Å². The monoisotopic (exact) mass is 205 g/mol. The fourth-order valence-corrected chi connectivity index (χ4v) is 0.385. The van der Waals surface area contributed by atoms with Crippen LogP contribution in [0.15, 0.2) is 36.4 Å². The van der Waals surface area contributed by atoms with Crippen molar-refractivity contribution in [2.75, 3.05) is 7.05 Å². The Bertz CT molecular complexity index is 114. The minimum atomic E-state index is -2.17. The average molecular weight is 205 g/mol. The summed E-state index contributed by atoms with van der Waals surface area (Å²) in [6, 6.07) is 12.0. The maximum absolute atomic E-state index is 10.3. The van der Waals surface area contributed by atoms with Gasteiger partial charge in [0.2, 0.25) is 6.43 Å². The quantitative estimate of drug-likeness (QED) is 0.688. The van der Waals surface area contributed by atoms with Crippen LogP contribution in [0.2, 0.25) is 0 Å². The highest BCUT2D eigenvalue weighted by molar-refractivity contribution is 4.99. The number of hydrogen-bond donors (Lipinski definition) is 1. The Balaban J connectivity index is -0.000000134. The summed E-state index contributed by atoms with van der Waals surface area (Å²) in [5.41, 5.74) is 4.50. The van der Waals surface area contributed by atoms with Gasteiger partial charge < -0.3 is 5.73 Å². The van der Waals surface area contributed by atoms with E-state index < -0.39 is 6.43 Å². The smallest absolute Gasteiger partial charge is 0.235 e. The van der Waals surface area contributed by atoms with Gasteiger partial charge in [-0.25, -0.2) is 8.78 Å². The van der Waals surface area contributed by atoms with Crippen LogP contribution in [0.5, 0.6) is 0 Å². The molecule has 0 amide bonds. The Kier molecular flexibility index (Phi) is 30.4. The van der Waals surface area contributed by atoms with Crippen molar-refractivity contribution >= 4 is 0 Å². The Hall–Kier alpha value is -0.960. The predicted molar refractivity (Wildman–Crippen MR) is 59.6 cm³/mol. The normalized spacial score (nSPS) is 6.86. The molecule has 1 aromatic carbocycles. The van der Waals surface area contributed by atoms with Gasteiger partial charge >= 0.3 is 0 Å². The fourth-order valence-electron chi connectivity index (χ4n) is 0.385. The summed E-state index contributed by atoms with van der Waals surface area (Å²) in [7, 11) is 1.50. The molecular weight excluding hydrogens is 184 g/mol. The van der Waals surface area contributed by atoms with Crippen molar-refractivity contribution in [1.82, 2.24) is 0 Å². The van der Waals surface area contributed by atoms with Crippen LogP contribution in [0.3, 0.4) is 0 Å². The summed E-state index contributed by atoms with van der Waals surface area (Å²) in [5, 5.41) is 0. The zero-order valence-electron chi connectivity index (χ0n) is 9.37. The van der Waals surface area contributed by atoms with Gasteiger partial charge in [-0.15, -0.1) is 0 Å². The van der Waals surface area contributed by atoms with Gasteiger partial charge in [0.05, 0.1) is 0 Å². The molecule has 0 unspecified atom stereocenters. The first-order chi connectivity index (χ1) is 6.73. The van der Waals surface area contributed by atoms with Crippen molar-refractivity contribution < 1.29 is 8.78 Å². The van der Waals surface area contributed by atoms with Crippen LogP contribution < -0.4 is 5.73 Å². The molecule has 0 saturated carbocycles. The molecule has 2 N–H and O–H groups in total. The fraction of sp³-hybridized carbons (Fsp3) is 0.455. The van der Waals surface area contributed by atoms with E-state index in [1.165, 1.54) is 7.05 Å². The number of benzene rings is 1. The maximum Gasteiger partial charge on any atom is 0.235 e. The molecule has 0 bridgehead atoms. The summed E-state index contributed by atoms with van der Waals surface area (Å²) < 4.78 is 20.7. The van der Waals surface area contributed by atoms with Gasteiger partial charge in [0.15, 0.2) is 0 Å². The highest BCUT2D eigenvalue weighted by atomic mass is 19.3. The zero-order chi connectivity index (χ0) is 11.8. The van der Waals surface area contributed by atoms with Crippen LogP contribution in [-0.4, -0.2) is 13.5 Å². The molecule has 1 aromatic rings. The molecular formula is C11H21F2N. The van der Waals surface area contributed by atoms with E-state index in [9.17, 15) is 8.78 Å². The lowest BCUT2D eigenvalue weighted by atomic mass is 10.4. The van der Waals surface area contributed by atoms with Crippen molar-refractivity contribution in [2.45, 2.75) is 27.2 Å². The van der Waals surface area contributed by atoms with E-state index in [1.807, 2.05) is 50.2 Å². The molecule has 3 heteroatoms. The molecule has 1 rings (SSSR count). The molecule has 0 radical (unpaired) electrons. The first-order valence-electron chi connectivity index (χ1n) is 4.59. The zero-order valence-corrected chi connectivity index (χ0v) is 9.37. The summed E-state index contributed by atoms with van der Waals surface area (Å²) in [6.45, 7) is 4.83. The van der Waals surface area contributed by atoms with Crippen molar-refractivity contribution in [3.05, 3.63) is 36.4 Å². The number of alkyl halides is 2. The highest BCUT2D eigenvalue weighted by Gasteiger charge is 1.79. The molecule has 0 saturated heterocycles. The topological polar surface area (TPSA) is 26.0 Å². The predicted octanol–water partition coefficient (Wildman–Crippen LogP) is 3.56. The van der Waals surface area contributed by atoms with Crippen LogP contribution >= 0.6 is 0 Å². The van der Waals surface area contributed by atoms with Gasteiger partial charge in [0.25, 0.3) is 0 Å². The van der Waals surface area contributed by atoms with Gasteiger partial charge in [-0.05, 0) is 14.0 Å². The van der Waals surface area contributed by atoms with Crippen molar-refractivity contribution in [3.63, 3.8) is 0 Å². The second-order valence-corrected chi connectivity index (χ2v) is 1.67. The van der Waals surface area contributed by atoms with Gasteiger partial charge in [-0.2, -0.15) is 0 Å². The highest BCUT2D eigenvalue weighted by Crippen LogP contribution is 1.82. The summed E-state index contributed by atoms with van der Waals surface area (Å²) in [5.74, 6) is 0. The second kappa shape index (κ2) is 22.7. The standard InChI is InChI=1S/C6H6.C2H4F2.C2H6.CH5N/c1-2-4-6-5-3-1;1-2(3)4;2*1-2/h1-6H;2H,1H3;1-2H3;2H2,1H3. The molecule has 0 aliphatic heterocycles. The van der Waals surface area contributed by atoms with E-state index in [0.29, 0.717) is 0 Å². The Morgan fingerprint density at radius 2 is 0.857 bits per heavy atom. The third kappa shape index (κ3) is 43.8. The molecule has 0 atom stereocenters. The number of nitrogens with two attached hydrogens (primary N) is 1. The van der Waals surface area contributed by atoms with Crippen LogP contribution in [0.25, 0.3) is 0 Å². The van der Waals surface area contributed by atoms with Gasteiger partial charge in [-0.3, -0.25) is 0 Å². The first-order valence-corrected chi connectivity index (χ1v) is 4.59. The van der Waals surface area contributed by atoms with E-state index >= 15 is 0 Å². The third-order valence-electron chi connectivity index (χ3n) is 0.667. The largest absolute Gasteiger partial charge is 0.333 e. The van der Waals surface area contributed by atoms with Crippen LogP contribution in [-0.2, 0) is 0 Å². The van der Waals surface area contributed by atoms with Crippen molar-refractivity contribution in [3.8, 4) is 0 Å². The van der Waals surface area contributed by atoms with Gasteiger partial charge in [0.1, 0.15) is 0 Å². The summed E-state index contributed by atoms with van der Waals surface area (Å²) in [6.07, 6.45) is -2.17. The molecule has 0 aromatic heterocycles. The average Bonchev–Trinajstić information content (AvgIpc) is 2.25. The minimum absolute atomic E-state index is 0.833. The van der Waals surface area contributed by atoms with E-state index in [1.54, 1.807) is 0 Å². The minimum Gasteiger partial charge on any atom is -0.333 e. The molecule has 0 aliphatic rings. The molecule has 0 fully saturated rings. The number of hydrogen-bond acceptors (Lipinski definition) is 1. The third-order valence-corrected chi connectivity index (χ3v) is 0.667. The molecule has 84 valence electrons. The van der Waals surface area contributed by atoms with E-state index in [0.717, 1.165) is 6.92 Å². The summed E-state index contributed by atoms with van der Waals surface area (Å²) >= 11 is 0. The van der Waals surface area contributed by atoms with Gasteiger partial charge in [0, 0.05) is 0 Å². The molecule has 1 nitrogen and oxygen atoms in total. The Morgan fingerprint density at radius 1 is 0.786 bits per heavy atom. The Morgan fingerprint density at radius 3 is 0.929 bits per heavy atom. The lowest BCUT2D eigenvalue weighted by Crippen LogP contribution is -1.69.